The summed E-state index contributed by atoms with van der Waals surface area (Å²) in [6.45, 7) is 7.41. The number of aromatic nitrogens is 5. The maximum absolute atomic E-state index is 11.7. The van der Waals surface area contributed by atoms with E-state index in [9.17, 15) is 4.79 Å². The number of hydrogen-bond donors (Lipinski definition) is 1. The minimum Gasteiger partial charge on any atom is -0.461 e. The molecule has 2 N–H and O–H groups in total. The van der Waals surface area contributed by atoms with E-state index in [1.165, 1.54) is 6.33 Å². The lowest BCUT2D eigenvalue weighted by molar-refractivity contribution is 0.0519. The molecular formula is C13H20N6O2. The van der Waals surface area contributed by atoms with Crippen molar-refractivity contribution >= 4 is 11.7 Å². The third-order valence-electron chi connectivity index (χ3n) is 2.80. The number of nitrogens with zero attached hydrogens (tertiary/aromatic N) is 5. The Morgan fingerprint density at radius 3 is 2.90 bits per heavy atom. The molecule has 0 aliphatic rings. The molecular weight excluding hydrogens is 272 g/mol. The summed E-state index contributed by atoms with van der Waals surface area (Å²) < 4.78 is 8.30. The average Bonchev–Trinajstić information content (AvgIpc) is 2.97. The molecule has 2 rings (SSSR count). The molecule has 0 aliphatic heterocycles. The third kappa shape index (κ3) is 3.59. The molecule has 0 spiro atoms. The number of ether oxygens (including phenoxy) is 1. The van der Waals surface area contributed by atoms with Crippen molar-refractivity contribution in [2.75, 3.05) is 12.3 Å². The van der Waals surface area contributed by atoms with Crippen molar-refractivity contribution in [1.29, 1.82) is 0 Å². The molecule has 0 saturated carbocycles. The molecule has 0 radical (unpaired) electrons. The summed E-state index contributed by atoms with van der Waals surface area (Å²) in [6, 6.07) is 0. The lowest BCUT2D eigenvalue weighted by atomic mass is 10.2. The van der Waals surface area contributed by atoms with Crippen LogP contribution < -0.4 is 5.73 Å². The number of esters is 1. The van der Waals surface area contributed by atoms with Gasteiger partial charge in [-0.3, -0.25) is 4.68 Å². The first-order chi connectivity index (χ1) is 10.0. The zero-order valence-corrected chi connectivity index (χ0v) is 12.5. The monoisotopic (exact) mass is 292 g/mol. The fraction of sp³-hybridized carbons (Fsp3) is 0.538. The molecule has 2 aromatic heterocycles. The first kappa shape index (κ1) is 15.0. The highest BCUT2D eigenvalue weighted by atomic mass is 16.5. The van der Waals surface area contributed by atoms with Crippen molar-refractivity contribution in [2.24, 2.45) is 5.92 Å². The van der Waals surface area contributed by atoms with E-state index in [1.807, 2.05) is 4.68 Å². The molecule has 8 nitrogen and oxygen atoms in total. The van der Waals surface area contributed by atoms with Crippen LogP contribution in [0, 0.1) is 5.92 Å². The van der Waals surface area contributed by atoms with Crippen LogP contribution in [0.25, 0.3) is 0 Å². The summed E-state index contributed by atoms with van der Waals surface area (Å²) in [4.78, 5) is 15.9. The summed E-state index contributed by atoms with van der Waals surface area (Å²) in [6.07, 6.45) is 3.11. The Morgan fingerprint density at radius 1 is 1.48 bits per heavy atom. The number of hydrogen-bond acceptors (Lipinski definition) is 6. The molecule has 0 saturated heterocycles. The Balaban J connectivity index is 2.15. The Bertz CT molecular complexity index is 616. The molecule has 0 amide bonds. The van der Waals surface area contributed by atoms with Gasteiger partial charge in [0.05, 0.1) is 12.3 Å². The van der Waals surface area contributed by atoms with Gasteiger partial charge in [-0.25, -0.2) is 14.5 Å². The highest BCUT2D eigenvalue weighted by Crippen LogP contribution is 2.12. The molecule has 8 heteroatoms. The van der Waals surface area contributed by atoms with Crippen LogP contribution in [0.3, 0.4) is 0 Å². The Labute approximate surface area is 122 Å². The quantitative estimate of drug-likeness (QED) is 0.795. The van der Waals surface area contributed by atoms with Gasteiger partial charge < -0.3 is 10.5 Å². The normalized spacial score (nSPS) is 11.0. The fourth-order valence-corrected chi connectivity index (χ4v) is 1.93. The van der Waals surface area contributed by atoms with Crippen LogP contribution in [0.5, 0.6) is 0 Å². The van der Waals surface area contributed by atoms with E-state index in [2.05, 4.69) is 29.0 Å². The van der Waals surface area contributed by atoms with Crippen LogP contribution in [0.15, 0.2) is 12.5 Å². The van der Waals surface area contributed by atoms with Gasteiger partial charge in [-0.1, -0.05) is 13.8 Å². The first-order valence-corrected chi connectivity index (χ1v) is 6.88. The second kappa shape index (κ2) is 6.38. The molecule has 0 aromatic carbocycles. The van der Waals surface area contributed by atoms with E-state index in [1.54, 1.807) is 17.8 Å². The number of anilines is 1. The van der Waals surface area contributed by atoms with E-state index in [-0.39, 0.29) is 12.3 Å². The lowest BCUT2D eigenvalue weighted by Crippen LogP contribution is -2.14. The first-order valence-electron chi connectivity index (χ1n) is 6.88. The van der Waals surface area contributed by atoms with Gasteiger partial charge in [0.25, 0.3) is 0 Å². The summed E-state index contributed by atoms with van der Waals surface area (Å²) in [5.41, 5.74) is 6.22. The van der Waals surface area contributed by atoms with Gasteiger partial charge in [-0.15, -0.1) is 0 Å². The maximum Gasteiger partial charge on any atom is 0.361 e. The van der Waals surface area contributed by atoms with Crippen LogP contribution in [0.2, 0.25) is 0 Å². The van der Waals surface area contributed by atoms with Crippen molar-refractivity contribution in [3.63, 3.8) is 0 Å². The Kier molecular flexibility index (Phi) is 4.56. The van der Waals surface area contributed by atoms with E-state index in [0.717, 1.165) is 12.4 Å². The van der Waals surface area contributed by atoms with Crippen molar-refractivity contribution in [2.45, 2.75) is 33.9 Å². The summed E-state index contributed by atoms with van der Waals surface area (Å²) >= 11 is 0. The molecule has 0 unspecified atom stereocenters. The van der Waals surface area contributed by atoms with Gasteiger partial charge in [0.2, 0.25) is 0 Å². The van der Waals surface area contributed by atoms with Crippen LogP contribution in [-0.4, -0.2) is 37.1 Å². The number of carbonyl (C=O) groups is 1. The van der Waals surface area contributed by atoms with Gasteiger partial charge >= 0.3 is 5.97 Å². The van der Waals surface area contributed by atoms with E-state index < -0.39 is 5.97 Å². The molecule has 0 atom stereocenters. The minimum atomic E-state index is -0.516. The van der Waals surface area contributed by atoms with E-state index in [4.69, 9.17) is 10.5 Å². The zero-order chi connectivity index (χ0) is 15.4. The molecule has 0 bridgehead atoms. The van der Waals surface area contributed by atoms with Gasteiger partial charge in [-0.05, 0) is 12.8 Å². The van der Waals surface area contributed by atoms with Crippen LogP contribution in [-0.2, 0) is 17.8 Å². The Hall–Kier alpha value is -2.38. The van der Waals surface area contributed by atoms with Crippen LogP contribution >= 0.6 is 0 Å². The summed E-state index contributed by atoms with van der Waals surface area (Å²) in [7, 11) is 0. The second-order valence-electron chi connectivity index (χ2n) is 5.10. The smallest absolute Gasteiger partial charge is 0.361 e. The topological polar surface area (TPSA) is 101 Å². The number of nitrogens with two attached hydrogens (primary N) is 1. The largest absolute Gasteiger partial charge is 0.461 e. The van der Waals surface area contributed by atoms with Crippen LogP contribution in [0.1, 0.15) is 37.1 Å². The highest BCUT2D eigenvalue weighted by Gasteiger charge is 2.17. The van der Waals surface area contributed by atoms with Crippen molar-refractivity contribution < 1.29 is 9.53 Å². The minimum absolute atomic E-state index is 0.131. The maximum atomic E-state index is 11.7. The van der Waals surface area contributed by atoms with E-state index >= 15 is 0 Å². The predicted octanol–water partition coefficient (Wildman–Crippen LogP) is 0.938. The number of rotatable bonds is 6. The molecule has 0 aliphatic carbocycles. The second-order valence-corrected chi connectivity index (χ2v) is 5.10. The molecule has 2 heterocycles. The van der Waals surface area contributed by atoms with E-state index in [0.29, 0.717) is 18.2 Å². The molecule has 21 heavy (non-hydrogen) atoms. The van der Waals surface area contributed by atoms with Crippen LogP contribution in [0.4, 0.5) is 5.69 Å². The molecule has 2 aromatic rings. The SMILES string of the molecule is CCOC(=O)c1nn(Cc2ncnn2CC(C)C)cc1N. The molecule has 114 valence electrons. The summed E-state index contributed by atoms with van der Waals surface area (Å²) in [5.74, 6) is 0.710. The lowest BCUT2D eigenvalue weighted by Gasteiger charge is -2.08. The van der Waals surface area contributed by atoms with Gasteiger partial charge in [-0.2, -0.15) is 10.2 Å². The molecule has 0 fully saturated rings. The van der Waals surface area contributed by atoms with Gasteiger partial charge in [0.15, 0.2) is 5.69 Å². The number of nitrogen functional groups attached to an aromatic ring is 1. The van der Waals surface area contributed by atoms with Gasteiger partial charge in [0, 0.05) is 12.7 Å². The fourth-order valence-electron chi connectivity index (χ4n) is 1.93. The average molecular weight is 292 g/mol. The third-order valence-corrected chi connectivity index (χ3v) is 2.80. The highest BCUT2D eigenvalue weighted by molar-refractivity contribution is 5.92. The number of carbonyl (C=O) groups excluding carboxylic acids is 1. The standard InChI is InChI=1S/C13H20N6O2/c1-4-21-13(20)12-10(14)6-18(17-12)7-11-15-8-16-19(11)5-9(2)3/h6,8-9H,4-5,7,14H2,1-3H3. The van der Waals surface area contributed by atoms with Crippen molar-refractivity contribution in [3.05, 3.63) is 24.0 Å². The predicted molar refractivity (Wildman–Crippen MR) is 76.6 cm³/mol. The van der Waals surface area contributed by atoms with Gasteiger partial charge in [0.1, 0.15) is 18.7 Å². The Morgan fingerprint density at radius 2 is 2.24 bits per heavy atom. The zero-order valence-electron chi connectivity index (χ0n) is 12.5. The van der Waals surface area contributed by atoms with Crippen molar-refractivity contribution in [1.82, 2.24) is 24.5 Å². The summed E-state index contributed by atoms with van der Waals surface area (Å²) in [5, 5.41) is 8.35. The van der Waals surface area contributed by atoms with Crippen molar-refractivity contribution in [3.8, 4) is 0 Å².